The first-order valence-corrected chi connectivity index (χ1v) is 13.9. The molecule has 2 aliphatic rings. The SMILES string of the molecule is CC/C(=C(/C1=CC(C)C(OCCN(C)C)C=C1)c1ccc(B2OC(C)(C)C(C)(C)O2)cc1)c1ccccc1. The molecule has 0 radical (unpaired) electrons. The van der Waals surface area contributed by atoms with Crippen LogP contribution in [0.1, 0.15) is 59.1 Å². The van der Waals surface area contributed by atoms with Gasteiger partial charge < -0.3 is 18.9 Å². The van der Waals surface area contributed by atoms with E-state index >= 15 is 0 Å². The van der Waals surface area contributed by atoms with Crippen LogP contribution < -0.4 is 5.46 Å². The summed E-state index contributed by atoms with van der Waals surface area (Å²) < 4.78 is 18.8. The maximum atomic E-state index is 6.30. The highest BCUT2D eigenvalue weighted by Crippen LogP contribution is 2.39. The quantitative estimate of drug-likeness (QED) is 0.287. The topological polar surface area (TPSA) is 30.9 Å². The van der Waals surface area contributed by atoms with Crippen LogP contribution in [0.2, 0.25) is 0 Å². The Labute approximate surface area is 230 Å². The highest BCUT2D eigenvalue weighted by molar-refractivity contribution is 6.62. The molecule has 1 saturated heterocycles. The molecule has 0 N–H and O–H groups in total. The van der Waals surface area contributed by atoms with Crippen LogP contribution >= 0.6 is 0 Å². The van der Waals surface area contributed by atoms with E-state index < -0.39 is 0 Å². The Balaban J connectivity index is 1.68. The molecule has 0 spiro atoms. The van der Waals surface area contributed by atoms with Crippen LogP contribution in [0.5, 0.6) is 0 Å². The summed E-state index contributed by atoms with van der Waals surface area (Å²) in [4.78, 5) is 2.15. The van der Waals surface area contributed by atoms with Gasteiger partial charge >= 0.3 is 7.12 Å². The summed E-state index contributed by atoms with van der Waals surface area (Å²) in [6.07, 6.45) is 7.87. The Morgan fingerprint density at radius 2 is 1.55 bits per heavy atom. The number of allylic oxidation sites excluding steroid dienone is 4. The zero-order valence-electron chi connectivity index (χ0n) is 24.5. The molecule has 2 aromatic rings. The largest absolute Gasteiger partial charge is 0.494 e. The third-order valence-corrected chi connectivity index (χ3v) is 8.07. The van der Waals surface area contributed by atoms with Gasteiger partial charge in [0, 0.05) is 12.5 Å². The Hall–Kier alpha value is -2.44. The van der Waals surface area contributed by atoms with Crippen LogP contribution in [-0.4, -0.2) is 56.6 Å². The molecule has 2 atom stereocenters. The van der Waals surface area contributed by atoms with E-state index in [1.807, 2.05) is 0 Å². The number of rotatable bonds is 9. The second-order valence-corrected chi connectivity index (χ2v) is 11.8. The first-order valence-electron chi connectivity index (χ1n) is 13.9. The molecule has 0 bridgehead atoms. The van der Waals surface area contributed by atoms with Gasteiger partial charge in [-0.15, -0.1) is 0 Å². The van der Waals surface area contributed by atoms with Gasteiger partial charge in [-0.25, -0.2) is 0 Å². The third-order valence-electron chi connectivity index (χ3n) is 8.07. The second kappa shape index (κ2) is 11.8. The van der Waals surface area contributed by atoms with Gasteiger partial charge in [-0.3, -0.25) is 0 Å². The molecular formula is C33H44BNO3. The minimum Gasteiger partial charge on any atom is -0.399 e. The molecule has 1 aliphatic heterocycles. The fraction of sp³-hybridized carbons (Fsp3) is 0.455. The van der Waals surface area contributed by atoms with Crippen LogP contribution in [0.15, 0.2) is 78.4 Å². The van der Waals surface area contributed by atoms with Gasteiger partial charge in [-0.1, -0.05) is 86.7 Å². The number of nitrogens with zero attached hydrogens (tertiary/aromatic N) is 1. The van der Waals surface area contributed by atoms with Crippen molar-refractivity contribution in [3.8, 4) is 0 Å². The van der Waals surface area contributed by atoms with E-state index in [0.29, 0.717) is 0 Å². The predicted molar refractivity (Wildman–Crippen MR) is 160 cm³/mol. The zero-order chi connectivity index (χ0) is 27.5. The van der Waals surface area contributed by atoms with Crippen LogP contribution in [-0.2, 0) is 14.0 Å². The van der Waals surface area contributed by atoms with Crippen molar-refractivity contribution in [2.45, 2.75) is 65.3 Å². The number of hydrogen-bond donors (Lipinski definition) is 0. The molecule has 4 rings (SSSR count). The standard InChI is InChI=1S/C33H44BNO3/c1-9-29(25-13-11-10-12-14-25)31(27-17-20-30(24(2)23-27)36-22-21-35(7)8)26-15-18-28(19-16-26)34-37-32(3,4)33(5,6)38-34/h10-20,23-24,30H,9,21-22H2,1-8H3/b31-29-. The van der Waals surface area contributed by atoms with Crippen molar-refractivity contribution in [2.75, 3.05) is 27.2 Å². The molecule has 1 heterocycles. The first-order chi connectivity index (χ1) is 18.0. The fourth-order valence-electron chi connectivity index (χ4n) is 5.02. The molecule has 0 saturated carbocycles. The maximum absolute atomic E-state index is 6.30. The van der Waals surface area contributed by atoms with E-state index in [0.717, 1.165) is 25.0 Å². The van der Waals surface area contributed by atoms with E-state index in [1.165, 1.54) is 27.8 Å². The van der Waals surface area contributed by atoms with Crippen molar-refractivity contribution in [1.29, 1.82) is 0 Å². The maximum Gasteiger partial charge on any atom is 0.494 e. The highest BCUT2D eigenvalue weighted by Gasteiger charge is 2.51. The molecule has 2 aromatic carbocycles. The lowest BCUT2D eigenvalue weighted by molar-refractivity contribution is 0.00578. The number of hydrogen-bond acceptors (Lipinski definition) is 4. The van der Waals surface area contributed by atoms with E-state index in [4.69, 9.17) is 14.0 Å². The minimum atomic E-state index is -0.366. The third kappa shape index (κ3) is 6.23. The van der Waals surface area contributed by atoms with Crippen molar-refractivity contribution in [2.24, 2.45) is 5.92 Å². The summed E-state index contributed by atoms with van der Waals surface area (Å²) in [7, 11) is 3.79. The Morgan fingerprint density at radius 1 is 0.921 bits per heavy atom. The monoisotopic (exact) mass is 513 g/mol. The number of ether oxygens (including phenoxy) is 1. The predicted octanol–water partition coefficient (Wildman–Crippen LogP) is 6.39. The molecule has 2 unspecified atom stereocenters. The average molecular weight is 514 g/mol. The van der Waals surface area contributed by atoms with E-state index in [2.05, 4.69) is 133 Å². The van der Waals surface area contributed by atoms with Crippen molar-refractivity contribution in [3.05, 3.63) is 89.5 Å². The lowest BCUT2D eigenvalue weighted by Gasteiger charge is -2.32. The zero-order valence-corrected chi connectivity index (χ0v) is 24.5. The van der Waals surface area contributed by atoms with Gasteiger partial charge in [0.2, 0.25) is 0 Å². The summed E-state index contributed by atoms with van der Waals surface area (Å²) in [5.41, 5.74) is 6.63. The molecule has 1 fully saturated rings. The van der Waals surface area contributed by atoms with Gasteiger partial charge in [-0.2, -0.15) is 0 Å². The molecule has 1 aliphatic carbocycles. The van der Waals surface area contributed by atoms with Crippen molar-refractivity contribution in [3.63, 3.8) is 0 Å². The summed E-state index contributed by atoms with van der Waals surface area (Å²) in [6.45, 7) is 14.5. The minimum absolute atomic E-state index is 0.0903. The fourth-order valence-corrected chi connectivity index (χ4v) is 5.02. The van der Waals surface area contributed by atoms with Crippen molar-refractivity contribution >= 4 is 23.7 Å². The van der Waals surface area contributed by atoms with Crippen molar-refractivity contribution < 1.29 is 14.0 Å². The summed E-state index contributed by atoms with van der Waals surface area (Å²) in [5, 5.41) is 0. The van der Waals surface area contributed by atoms with Gasteiger partial charge in [0.15, 0.2) is 0 Å². The molecule has 202 valence electrons. The lowest BCUT2D eigenvalue weighted by Crippen LogP contribution is -2.41. The Bertz CT molecular complexity index is 1160. The number of benzene rings is 2. The molecule has 4 nitrogen and oxygen atoms in total. The van der Waals surface area contributed by atoms with Gasteiger partial charge in [0.1, 0.15) is 0 Å². The molecule has 0 aromatic heterocycles. The molecular weight excluding hydrogens is 469 g/mol. The second-order valence-electron chi connectivity index (χ2n) is 11.8. The van der Waals surface area contributed by atoms with Crippen molar-refractivity contribution in [1.82, 2.24) is 4.90 Å². The van der Waals surface area contributed by atoms with E-state index in [-0.39, 0.29) is 30.3 Å². The summed E-state index contributed by atoms with van der Waals surface area (Å²) in [5.74, 6) is 0.282. The Morgan fingerprint density at radius 3 is 2.11 bits per heavy atom. The van der Waals surface area contributed by atoms with Gasteiger partial charge in [-0.05, 0) is 81.5 Å². The van der Waals surface area contributed by atoms with E-state index in [9.17, 15) is 0 Å². The smallest absolute Gasteiger partial charge is 0.399 e. The highest BCUT2D eigenvalue weighted by atomic mass is 16.7. The summed E-state index contributed by atoms with van der Waals surface area (Å²) >= 11 is 0. The number of likely N-dealkylation sites (N-methyl/N-ethyl adjacent to an activating group) is 1. The van der Waals surface area contributed by atoms with E-state index in [1.54, 1.807) is 0 Å². The van der Waals surface area contributed by atoms with Crippen LogP contribution in [0.4, 0.5) is 0 Å². The first kappa shape index (κ1) is 28.6. The normalized spacial score (nSPS) is 23.0. The molecule has 38 heavy (non-hydrogen) atoms. The van der Waals surface area contributed by atoms with Gasteiger partial charge in [0.05, 0.1) is 23.9 Å². The van der Waals surface area contributed by atoms with Gasteiger partial charge in [0.25, 0.3) is 0 Å². The van der Waals surface area contributed by atoms with Crippen LogP contribution in [0.25, 0.3) is 11.1 Å². The average Bonchev–Trinajstić information content (AvgIpc) is 3.10. The molecule has 0 amide bonds. The summed E-state index contributed by atoms with van der Waals surface area (Å²) in [6, 6.07) is 19.5. The van der Waals surface area contributed by atoms with Crippen LogP contribution in [0.3, 0.4) is 0 Å². The van der Waals surface area contributed by atoms with Crippen LogP contribution in [0, 0.1) is 5.92 Å². The lowest BCUT2D eigenvalue weighted by atomic mass is 9.77. The Kier molecular flexibility index (Phi) is 8.84. The molecule has 5 heteroatoms.